The highest BCUT2D eigenvalue weighted by Gasteiger charge is 2.13. The van der Waals surface area contributed by atoms with E-state index in [0.717, 1.165) is 0 Å². The van der Waals surface area contributed by atoms with Crippen molar-refractivity contribution >= 4 is 21.6 Å². The zero-order valence-corrected chi connectivity index (χ0v) is 10.7. The summed E-state index contributed by atoms with van der Waals surface area (Å²) >= 11 is 5.45. The second-order valence-corrected chi connectivity index (χ2v) is 5.89. The molecule has 0 spiro atoms. The van der Waals surface area contributed by atoms with Gasteiger partial charge < -0.3 is 4.57 Å². The fourth-order valence-electron chi connectivity index (χ4n) is 1.36. The second kappa shape index (κ2) is 6.22. The van der Waals surface area contributed by atoms with Gasteiger partial charge in [0.25, 0.3) is 0 Å². The van der Waals surface area contributed by atoms with Gasteiger partial charge in [0.2, 0.25) is 10.0 Å². The molecule has 7 heteroatoms. The lowest BCUT2D eigenvalue weighted by Crippen LogP contribution is -2.37. The minimum atomic E-state index is -3.21. The molecule has 1 N–H and O–H groups in total. The Morgan fingerprint density at radius 2 is 2.31 bits per heavy atom. The highest BCUT2D eigenvalue weighted by molar-refractivity contribution is 7.89. The highest BCUT2D eigenvalue weighted by Crippen LogP contribution is 1.97. The lowest BCUT2D eigenvalue weighted by Gasteiger charge is -2.14. The summed E-state index contributed by atoms with van der Waals surface area (Å²) in [7, 11) is -3.21. The fraction of sp³-hybridized carbons (Fsp3) is 0.667. The van der Waals surface area contributed by atoms with Crippen LogP contribution in [0.2, 0.25) is 0 Å². The first-order chi connectivity index (χ1) is 7.53. The van der Waals surface area contributed by atoms with E-state index < -0.39 is 10.0 Å². The minimum Gasteiger partial charge on any atom is -0.336 e. The fourth-order valence-corrected chi connectivity index (χ4v) is 2.98. The van der Waals surface area contributed by atoms with Gasteiger partial charge in [0.1, 0.15) is 0 Å². The molecule has 1 heterocycles. The largest absolute Gasteiger partial charge is 0.336 e. The third-order valence-corrected chi connectivity index (χ3v) is 3.83. The van der Waals surface area contributed by atoms with Gasteiger partial charge >= 0.3 is 0 Å². The van der Waals surface area contributed by atoms with Gasteiger partial charge in [0.05, 0.1) is 12.1 Å². The normalized spacial score (nSPS) is 13.9. The van der Waals surface area contributed by atoms with Crippen molar-refractivity contribution in [2.75, 3.05) is 11.6 Å². The van der Waals surface area contributed by atoms with Crippen LogP contribution in [0.5, 0.6) is 0 Å². The monoisotopic (exact) mass is 265 g/mol. The zero-order valence-electron chi connectivity index (χ0n) is 9.13. The van der Waals surface area contributed by atoms with Gasteiger partial charge in [-0.3, -0.25) is 0 Å². The molecule has 0 saturated carbocycles. The molecule has 0 fully saturated rings. The maximum Gasteiger partial charge on any atom is 0.211 e. The number of aromatic nitrogens is 2. The van der Waals surface area contributed by atoms with Crippen LogP contribution in [0.1, 0.15) is 13.3 Å². The van der Waals surface area contributed by atoms with Gasteiger partial charge in [-0.25, -0.2) is 18.1 Å². The molecule has 0 aromatic carbocycles. The Morgan fingerprint density at radius 3 is 2.88 bits per heavy atom. The molecular formula is C9H16ClN3O2S. The Morgan fingerprint density at radius 1 is 1.56 bits per heavy atom. The number of hydrogen-bond donors (Lipinski definition) is 1. The standard InChI is InChI=1S/C9H16ClN3O2S/c1-9(7-13-5-4-11-8-13)12-16(14,15)6-2-3-10/h4-5,8-9,12H,2-3,6-7H2,1H3. The molecule has 92 valence electrons. The molecule has 1 aromatic heterocycles. The first kappa shape index (κ1) is 13.5. The molecule has 5 nitrogen and oxygen atoms in total. The van der Waals surface area contributed by atoms with Crippen molar-refractivity contribution in [3.05, 3.63) is 18.7 Å². The van der Waals surface area contributed by atoms with Crippen molar-refractivity contribution in [3.63, 3.8) is 0 Å². The van der Waals surface area contributed by atoms with E-state index in [9.17, 15) is 8.42 Å². The van der Waals surface area contributed by atoms with Crippen LogP contribution in [0.25, 0.3) is 0 Å². The lowest BCUT2D eigenvalue weighted by atomic mass is 10.4. The van der Waals surface area contributed by atoms with Crippen LogP contribution in [0.4, 0.5) is 0 Å². The number of nitrogens with one attached hydrogen (secondary N) is 1. The number of nitrogens with zero attached hydrogens (tertiary/aromatic N) is 2. The van der Waals surface area contributed by atoms with Crippen molar-refractivity contribution in [2.24, 2.45) is 0 Å². The van der Waals surface area contributed by atoms with Crippen LogP contribution >= 0.6 is 11.6 Å². The molecule has 0 saturated heterocycles. The van der Waals surface area contributed by atoms with Crippen LogP contribution in [0, 0.1) is 0 Å². The van der Waals surface area contributed by atoms with Crippen molar-refractivity contribution in [1.82, 2.24) is 14.3 Å². The molecule has 1 rings (SSSR count). The summed E-state index contributed by atoms with van der Waals surface area (Å²) in [4.78, 5) is 3.89. The maximum absolute atomic E-state index is 11.5. The van der Waals surface area contributed by atoms with Crippen LogP contribution in [-0.2, 0) is 16.6 Å². The number of alkyl halides is 1. The second-order valence-electron chi connectivity index (χ2n) is 3.64. The van der Waals surface area contributed by atoms with Gasteiger partial charge in [-0.2, -0.15) is 0 Å². The number of sulfonamides is 1. The first-order valence-corrected chi connectivity index (χ1v) is 7.24. The zero-order chi connectivity index (χ0) is 12.0. The average molecular weight is 266 g/mol. The molecule has 0 radical (unpaired) electrons. The minimum absolute atomic E-state index is 0.0742. The van der Waals surface area contributed by atoms with Gasteiger partial charge in [-0.1, -0.05) is 0 Å². The molecule has 16 heavy (non-hydrogen) atoms. The summed E-state index contributed by atoms with van der Waals surface area (Å²) in [6.07, 6.45) is 5.58. The maximum atomic E-state index is 11.5. The smallest absolute Gasteiger partial charge is 0.211 e. The van der Waals surface area contributed by atoms with E-state index in [1.165, 1.54) is 0 Å². The van der Waals surface area contributed by atoms with Crippen molar-refractivity contribution in [1.29, 1.82) is 0 Å². The van der Waals surface area contributed by atoms with E-state index in [-0.39, 0.29) is 11.8 Å². The van der Waals surface area contributed by atoms with Crippen molar-refractivity contribution in [3.8, 4) is 0 Å². The molecule has 0 amide bonds. The summed E-state index contributed by atoms with van der Waals surface area (Å²) in [6, 6.07) is -0.158. The summed E-state index contributed by atoms with van der Waals surface area (Å²) < 4.78 is 27.5. The van der Waals surface area contributed by atoms with E-state index in [0.29, 0.717) is 18.8 Å². The summed E-state index contributed by atoms with van der Waals surface area (Å²) in [5, 5.41) is 0. The van der Waals surface area contributed by atoms with E-state index in [4.69, 9.17) is 11.6 Å². The molecular weight excluding hydrogens is 250 g/mol. The predicted octanol–water partition coefficient (Wildman–Crippen LogP) is 0.820. The topological polar surface area (TPSA) is 64.0 Å². The number of halogens is 1. The lowest BCUT2D eigenvalue weighted by molar-refractivity contribution is 0.520. The summed E-state index contributed by atoms with van der Waals surface area (Å²) in [5.74, 6) is 0.432. The van der Waals surface area contributed by atoms with Crippen molar-refractivity contribution in [2.45, 2.75) is 25.9 Å². The van der Waals surface area contributed by atoms with Gasteiger partial charge in [0, 0.05) is 30.9 Å². The van der Waals surface area contributed by atoms with Gasteiger partial charge in [-0.15, -0.1) is 11.6 Å². The van der Waals surface area contributed by atoms with E-state index >= 15 is 0 Å². The Balaban J connectivity index is 2.41. The van der Waals surface area contributed by atoms with Crippen LogP contribution in [0.3, 0.4) is 0 Å². The SMILES string of the molecule is CC(Cn1ccnc1)NS(=O)(=O)CCCCl. The van der Waals surface area contributed by atoms with Crippen molar-refractivity contribution < 1.29 is 8.42 Å². The van der Waals surface area contributed by atoms with E-state index in [1.54, 1.807) is 18.7 Å². The molecule has 1 unspecified atom stereocenters. The third kappa shape index (κ3) is 4.96. The summed E-state index contributed by atoms with van der Waals surface area (Å²) in [6.45, 7) is 2.39. The third-order valence-electron chi connectivity index (χ3n) is 1.97. The molecule has 1 atom stereocenters. The van der Waals surface area contributed by atoms with E-state index in [1.807, 2.05) is 11.5 Å². The van der Waals surface area contributed by atoms with Crippen LogP contribution in [0.15, 0.2) is 18.7 Å². The van der Waals surface area contributed by atoms with E-state index in [2.05, 4.69) is 9.71 Å². The molecule has 0 aliphatic carbocycles. The number of hydrogen-bond acceptors (Lipinski definition) is 3. The molecule has 0 bridgehead atoms. The Labute approximate surface area is 101 Å². The predicted molar refractivity (Wildman–Crippen MR) is 63.9 cm³/mol. The molecule has 0 aliphatic heterocycles. The Hall–Kier alpha value is -0.590. The van der Waals surface area contributed by atoms with Crippen LogP contribution < -0.4 is 4.72 Å². The quantitative estimate of drug-likeness (QED) is 0.743. The van der Waals surface area contributed by atoms with Gasteiger partial charge in [0.15, 0.2) is 0 Å². The summed E-state index contributed by atoms with van der Waals surface area (Å²) in [5.41, 5.74) is 0. The van der Waals surface area contributed by atoms with Crippen LogP contribution in [-0.4, -0.2) is 35.6 Å². The number of rotatable bonds is 7. The highest BCUT2D eigenvalue weighted by atomic mass is 35.5. The molecule has 0 aliphatic rings. The molecule has 1 aromatic rings. The number of imidazole rings is 1. The Bertz CT molecular complexity index is 391. The average Bonchev–Trinajstić information content (AvgIpc) is 2.66. The van der Waals surface area contributed by atoms with Gasteiger partial charge in [-0.05, 0) is 13.3 Å². The first-order valence-electron chi connectivity index (χ1n) is 5.05. The Kier molecular flexibility index (Phi) is 5.24.